The van der Waals surface area contributed by atoms with Crippen molar-refractivity contribution in [2.75, 3.05) is 13.7 Å². The van der Waals surface area contributed by atoms with E-state index in [2.05, 4.69) is 52.8 Å². The fourth-order valence-corrected chi connectivity index (χ4v) is 5.27. The molecule has 0 aromatic heterocycles. The van der Waals surface area contributed by atoms with Gasteiger partial charge in [-0.2, -0.15) is 0 Å². The van der Waals surface area contributed by atoms with E-state index in [1.807, 2.05) is 0 Å². The number of benzene rings is 1. The third kappa shape index (κ3) is 4.50. The van der Waals surface area contributed by atoms with Crippen LogP contribution in [0.25, 0.3) is 0 Å². The lowest BCUT2D eigenvalue weighted by Gasteiger charge is -2.47. The zero-order valence-electron chi connectivity index (χ0n) is 19.3. The zero-order valence-corrected chi connectivity index (χ0v) is 19.3. The van der Waals surface area contributed by atoms with Gasteiger partial charge in [0.15, 0.2) is 0 Å². The molecule has 0 unspecified atom stereocenters. The van der Waals surface area contributed by atoms with Gasteiger partial charge in [0.05, 0.1) is 13.7 Å². The predicted molar refractivity (Wildman–Crippen MR) is 120 cm³/mol. The van der Waals surface area contributed by atoms with Crippen LogP contribution >= 0.6 is 0 Å². The smallest absolute Gasteiger partial charge is 0.127 e. The number of fused-ring (bicyclic) bond motifs is 3. The number of hydrogen-bond donors (Lipinski definition) is 1. The minimum atomic E-state index is -0.232. The van der Waals surface area contributed by atoms with Gasteiger partial charge in [-0.25, -0.2) is 0 Å². The standard InChI is InChI=1S/C26H40O3/c1-7-8-9-10-13-25(2,3)19-15-22(28-6)24-20-14-18(17-27)11-12-21(20)26(4,5)29-23(24)16-19/h11,15-16,20-21,27H,7-10,12-14,17H2,1-6H3/t20-,21-/m0/s1. The van der Waals surface area contributed by atoms with Crippen LogP contribution < -0.4 is 9.47 Å². The van der Waals surface area contributed by atoms with Crippen molar-refractivity contribution in [2.45, 2.75) is 96.5 Å². The molecule has 1 aromatic carbocycles. The molecule has 162 valence electrons. The highest BCUT2D eigenvalue weighted by molar-refractivity contribution is 5.54. The normalized spacial score (nSPS) is 22.9. The minimum absolute atomic E-state index is 0.0864. The maximum absolute atomic E-state index is 9.73. The molecule has 3 rings (SSSR count). The molecule has 0 saturated heterocycles. The van der Waals surface area contributed by atoms with Gasteiger partial charge in [-0.05, 0) is 61.8 Å². The molecule has 0 spiro atoms. The summed E-state index contributed by atoms with van der Waals surface area (Å²) in [5, 5.41) is 9.73. The number of ether oxygens (including phenoxy) is 2. The molecule has 1 heterocycles. The van der Waals surface area contributed by atoms with Gasteiger partial charge in [0.2, 0.25) is 0 Å². The van der Waals surface area contributed by atoms with E-state index in [9.17, 15) is 5.11 Å². The Morgan fingerprint density at radius 1 is 1.21 bits per heavy atom. The molecule has 1 N–H and O–H groups in total. The van der Waals surface area contributed by atoms with Crippen LogP contribution in [-0.2, 0) is 5.41 Å². The molecule has 3 nitrogen and oxygen atoms in total. The highest BCUT2D eigenvalue weighted by atomic mass is 16.5. The summed E-state index contributed by atoms with van der Waals surface area (Å²) in [6, 6.07) is 4.51. The number of unbranched alkanes of at least 4 members (excludes halogenated alkanes) is 3. The molecule has 0 saturated carbocycles. The van der Waals surface area contributed by atoms with Gasteiger partial charge in [-0.15, -0.1) is 0 Å². The highest BCUT2D eigenvalue weighted by Crippen LogP contribution is 2.55. The third-order valence-electron chi connectivity index (χ3n) is 7.23. The van der Waals surface area contributed by atoms with E-state index in [1.165, 1.54) is 43.2 Å². The summed E-state index contributed by atoms with van der Waals surface area (Å²) in [6.45, 7) is 11.5. The first kappa shape index (κ1) is 22.2. The lowest BCUT2D eigenvalue weighted by molar-refractivity contribution is 0.00659. The van der Waals surface area contributed by atoms with Crippen molar-refractivity contribution < 1.29 is 14.6 Å². The lowest BCUT2D eigenvalue weighted by Crippen LogP contribution is -2.45. The topological polar surface area (TPSA) is 38.7 Å². The van der Waals surface area contributed by atoms with Crippen molar-refractivity contribution in [3.05, 3.63) is 34.9 Å². The van der Waals surface area contributed by atoms with Crippen LogP contribution in [-0.4, -0.2) is 24.4 Å². The van der Waals surface area contributed by atoms with E-state index in [0.717, 1.165) is 29.9 Å². The fraction of sp³-hybridized carbons (Fsp3) is 0.692. The van der Waals surface area contributed by atoms with Crippen LogP contribution in [0.5, 0.6) is 11.5 Å². The molecule has 0 radical (unpaired) electrons. The Kier molecular flexibility index (Phi) is 6.67. The van der Waals surface area contributed by atoms with Gasteiger partial charge >= 0.3 is 0 Å². The summed E-state index contributed by atoms with van der Waals surface area (Å²) in [7, 11) is 1.77. The Morgan fingerprint density at radius 2 is 1.97 bits per heavy atom. The number of aliphatic hydroxyl groups excluding tert-OH is 1. The van der Waals surface area contributed by atoms with Gasteiger partial charge in [-0.1, -0.05) is 52.5 Å². The van der Waals surface area contributed by atoms with Crippen molar-refractivity contribution >= 4 is 0 Å². The van der Waals surface area contributed by atoms with Crippen LogP contribution in [0.1, 0.15) is 96.6 Å². The SMILES string of the molecule is CCCCCCC(C)(C)c1cc(OC)c2c(c1)OC(C)(C)[C@H]1CC=C(CO)C[C@H]21. The van der Waals surface area contributed by atoms with Crippen molar-refractivity contribution in [3.8, 4) is 11.5 Å². The molecule has 0 bridgehead atoms. The van der Waals surface area contributed by atoms with E-state index < -0.39 is 0 Å². The van der Waals surface area contributed by atoms with E-state index in [-0.39, 0.29) is 17.6 Å². The summed E-state index contributed by atoms with van der Waals surface area (Å²) in [5.74, 6) is 2.65. The quantitative estimate of drug-likeness (QED) is 0.398. The molecule has 29 heavy (non-hydrogen) atoms. The van der Waals surface area contributed by atoms with Gasteiger partial charge in [0.1, 0.15) is 17.1 Å². The molecule has 1 aromatic rings. The Labute approximate surface area is 177 Å². The fourth-order valence-electron chi connectivity index (χ4n) is 5.27. The average molecular weight is 401 g/mol. The second-order valence-corrected chi connectivity index (χ2v) is 10.2. The molecular formula is C26H40O3. The summed E-state index contributed by atoms with van der Waals surface area (Å²) >= 11 is 0. The van der Waals surface area contributed by atoms with E-state index in [1.54, 1.807) is 7.11 Å². The molecule has 1 aliphatic heterocycles. The molecule has 0 fully saturated rings. The summed E-state index contributed by atoms with van der Waals surface area (Å²) in [4.78, 5) is 0. The van der Waals surface area contributed by atoms with Gasteiger partial charge in [0, 0.05) is 17.4 Å². The Hall–Kier alpha value is -1.48. The van der Waals surface area contributed by atoms with Crippen molar-refractivity contribution in [1.82, 2.24) is 0 Å². The number of rotatable bonds is 8. The largest absolute Gasteiger partial charge is 0.496 e. The van der Waals surface area contributed by atoms with Gasteiger partial charge < -0.3 is 14.6 Å². The van der Waals surface area contributed by atoms with Gasteiger partial charge in [-0.3, -0.25) is 0 Å². The molecule has 2 atom stereocenters. The van der Waals surface area contributed by atoms with Crippen molar-refractivity contribution in [3.63, 3.8) is 0 Å². The van der Waals surface area contributed by atoms with E-state index >= 15 is 0 Å². The van der Waals surface area contributed by atoms with Gasteiger partial charge in [0.25, 0.3) is 0 Å². The lowest BCUT2D eigenvalue weighted by atomic mass is 9.66. The highest BCUT2D eigenvalue weighted by Gasteiger charge is 2.46. The first-order valence-electron chi connectivity index (χ1n) is 11.4. The van der Waals surface area contributed by atoms with E-state index in [0.29, 0.717) is 11.8 Å². The predicted octanol–water partition coefficient (Wildman–Crippen LogP) is 6.53. The van der Waals surface area contributed by atoms with Crippen LogP contribution in [0.3, 0.4) is 0 Å². The number of methoxy groups -OCH3 is 1. The maximum atomic E-state index is 9.73. The molecular weight excluding hydrogens is 360 g/mol. The molecule has 2 aliphatic rings. The Bertz CT molecular complexity index is 745. The van der Waals surface area contributed by atoms with Crippen LogP contribution in [0.4, 0.5) is 0 Å². The number of hydrogen-bond acceptors (Lipinski definition) is 3. The minimum Gasteiger partial charge on any atom is -0.496 e. The number of allylic oxidation sites excluding steroid dienone is 1. The van der Waals surface area contributed by atoms with E-state index in [4.69, 9.17) is 9.47 Å². The van der Waals surface area contributed by atoms with Crippen molar-refractivity contribution in [1.29, 1.82) is 0 Å². The first-order valence-corrected chi connectivity index (χ1v) is 11.4. The van der Waals surface area contributed by atoms with Crippen molar-refractivity contribution in [2.24, 2.45) is 5.92 Å². The molecule has 3 heteroatoms. The van der Waals surface area contributed by atoms with Crippen LogP contribution in [0, 0.1) is 5.92 Å². The Balaban J connectivity index is 1.98. The summed E-state index contributed by atoms with van der Waals surface area (Å²) in [5.41, 5.74) is 3.49. The maximum Gasteiger partial charge on any atom is 0.127 e. The average Bonchev–Trinajstić information content (AvgIpc) is 2.69. The summed E-state index contributed by atoms with van der Waals surface area (Å²) < 4.78 is 12.5. The Morgan fingerprint density at radius 3 is 2.62 bits per heavy atom. The molecule has 0 amide bonds. The third-order valence-corrected chi connectivity index (χ3v) is 7.23. The first-order chi connectivity index (χ1) is 13.7. The van der Waals surface area contributed by atoms with Crippen LogP contribution in [0.15, 0.2) is 23.8 Å². The summed E-state index contributed by atoms with van der Waals surface area (Å²) in [6.07, 6.45) is 10.3. The molecule has 1 aliphatic carbocycles. The number of aliphatic hydroxyl groups is 1. The monoisotopic (exact) mass is 400 g/mol. The second-order valence-electron chi connectivity index (χ2n) is 10.2. The second kappa shape index (κ2) is 8.71. The van der Waals surface area contributed by atoms with Crippen LogP contribution in [0.2, 0.25) is 0 Å². The zero-order chi connectivity index (χ0) is 21.2.